The molecule has 0 saturated heterocycles. The maximum Gasteiger partial charge on any atom is 0.159 e. The molecule has 0 atom stereocenters. The summed E-state index contributed by atoms with van der Waals surface area (Å²) in [5.74, 6) is 0. The van der Waals surface area contributed by atoms with Gasteiger partial charge >= 0.3 is 0 Å². The molecular weight excluding hydrogens is 150 g/mol. The molecule has 0 radical (unpaired) electrons. The van der Waals surface area contributed by atoms with Crippen molar-refractivity contribution in [2.24, 2.45) is 0 Å². The average molecular weight is 155 g/mol. The van der Waals surface area contributed by atoms with E-state index in [1.165, 1.54) is 6.26 Å². The van der Waals surface area contributed by atoms with Crippen molar-refractivity contribution >= 4 is 17.0 Å². The Balaban J connectivity index is 2.28. The van der Waals surface area contributed by atoms with Crippen LogP contribution in [0.25, 0.3) is 5.70 Å². The molecule has 0 unspecified atom stereocenters. The van der Waals surface area contributed by atoms with Gasteiger partial charge in [-0.25, -0.2) is 5.48 Å². The smallest absolute Gasteiger partial charge is 0.159 e. The number of hydroxylamine groups is 1. The Bertz CT molecular complexity index is 242. The zero-order valence-corrected chi connectivity index (χ0v) is 5.85. The van der Waals surface area contributed by atoms with E-state index in [0.29, 0.717) is 0 Å². The van der Waals surface area contributed by atoms with Crippen LogP contribution in [0.5, 0.6) is 0 Å². The summed E-state index contributed by atoms with van der Waals surface area (Å²) >= 11 is 1.63. The lowest BCUT2D eigenvalue weighted by atomic mass is 10.4. The summed E-state index contributed by atoms with van der Waals surface area (Å²) in [7, 11) is 0. The monoisotopic (exact) mass is 155 g/mol. The summed E-state index contributed by atoms with van der Waals surface area (Å²) in [6.45, 7) is 0. The predicted molar refractivity (Wildman–Crippen MR) is 37.6 cm³/mol. The van der Waals surface area contributed by atoms with Gasteiger partial charge in [0.25, 0.3) is 0 Å². The van der Waals surface area contributed by atoms with E-state index in [4.69, 9.17) is 0 Å². The van der Waals surface area contributed by atoms with Crippen LogP contribution in [0.4, 0.5) is 0 Å². The fourth-order valence-corrected chi connectivity index (χ4v) is 1.38. The molecule has 1 aliphatic heterocycles. The largest absolute Gasteiger partial charge is 0.320 e. The molecule has 0 aliphatic carbocycles. The standard InChI is InChI=1S/C6H5NO2S/c1-2-6(10-3-1)5-4-8-9-7-5/h1-4,7H. The summed E-state index contributed by atoms with van der Waals surface area (Å²) in [6, 6.07) is 3.96. The third kappa shape index (κ3) is 0.872. The molecule has 0 spiro atoms. The zero-order valence-electron chi connectivity index (χ0n) is 5.03. The van der Waals surface area contributed by atoms with Gasteiger partial charge in [-0.15, -0.1) is 11.3 Å². The molecule has 0 saturated carbocycles. The molecule has 52 valence electrons. The van der Waals surface area contributed by atoms with Crippen LogP contribution in [0.1, 0.15) is 4.88 Å². The molecule has 2 rings (SSSR count). The second-order valence-electron chi connectivity index (χ2n) is 1.79. The van der Waals surface area contributed by atoms with Gasteiger partial charge < -0.3 is 4.89 Å². The maximum atomic E-state index is 4.51. The van der Waals surface area contributed by atoms with Crippen molar-refractivity contribution in [2.75, 3.05) is 0 Å². The molecular formula is C6H5NO2S. The van der Waals surface area contributed by atoms with E-state index in [9.17, 15) is 0 Å². The van der Waals surface area contributed by atoms with Gasteiger partial charge in [0, 0.05) is 0 Å². The minimum atomic E-state index is 0.870. The van der Waals surface area contributed by atoms with Crippen LogP contribution < -0.4 is 5.48 Å². The molecule has 1 N–H and O–H groups in total. The lowest BCUT2D eigenvalue weighted by molar-refractivity contribution is -0.263. The van der Waals surface area contributed by atoms with Crippen molar-refractivity contribution in [3.05, 3.63) is 28.7 Å². The van der Waals surface area contributed by atoms with Gasteiger partial charge in [-0.1, -0.05) is 11.1 Å². The first kappa shape index (κ1) is 5.76. The highest BCUT2D eigenvalue weighted by molar-refractivity contribution is 7.11. The summed E-state index contributed by atoms with van der Waals surface area (Å²) < 4.78 is 0. The number of thiophene rings is 1. The topological polar surface area (TPSA) is 30.5 Å². The van der Waals surface area contributed by atoms with Crippen molar-refractivity contribution in [3.8, 4) is 0 Å². The molecule has 1 aromatic heterocycles. The maximum absolute atomic E-state index is 4.51. The van der Waals surface area contributed by atoms with Crippen LogP contribution in [-0.2, 0) is 9.88 Å². The fourth-order valence-electron chi connectivity index (χ4n) is 0.705. The van der Waals surface area contributed by atoms with E-state index in [2.05, 4.69) is 15.4 Å². The number of hydrogen-bond donors (Lipinski definition) is 1. The summed E-state index contributed by atoms with van der Waals surface area (Å²) in [5.41, 5.74) is 3.48. The van der Waals surface area contributed by atoms with E-state index in [1.54, 1.807) is 11.3 Å². The van der Waals surface area contributed by atoms with Crippen molar-refractivity contribution in [3.63, 3.8) is 0 Å². The van der Waals surface area contributed by atoms with Gasteiger partial charge in [0.15, 0.2) is 6.26 Å². The highest BCUT2D eigenvalue weighted by atomic mass is 32.1. The first-order valence-corrected chi connectivity index (χ1v) is 3.67. The highest BCUT2D eigenvalue weighted by Gasteiger charge is 2.08. The van der Waals surface area contributed by atoms with Gasteiger partial charge in [0.05, 0.1) is 4.88 Å². The Morgan fingerprint density at radius 3 is 3.10 bits per heavy atom. The van der Waals surface area contributed by atoms with E-state index in [1.807, 2.05) is 17.5 Å². The van der Waals surface area contributed by atoms with E-state index in [-0.39, 0.29) is 0 Å². The third-order valence-electron chi connectivity index (χ3n) is 1.15. The van der Waals surface area contributed by atoms with E-state index in [0.717, 1.165) is 10.6 Å². The summed E-state index contributed by atoms with van der Waals surface area (Å²) in [4.78, 5) is 10.1. The molecule has 2 heterocycles. The highest BCUT2D eigenvalue weighted by Crippen LogP contribution is 2.19. The molecule has 1 aromatic rings. The van der Waals surface area contributed by atoms with Crippen LogP contribution >= 0.6 is 11.3 Å². The second-order valence-corrected chi connectivity index (χ2v) is 2.74. The Labute approximate surface area is 61.8 Å². The quantitative estimate of drug-likeness (QED) is 0.623. The van der Waals surface area contributed by atoms with Gasteiger partial charge in [-0.3, -0.25) is 0 Å². The summed E-state index contributed by atoms with van der Waals surface area (Å²) in [5, 5.41) is 2.00. The number of hydrogen-bond acceptors (Lipinski definition) is 4. The molecule has 1 aliphatic rings. The lowest BCUT2D eigenvalue weighted by Crippen LogP contribution is -2.02. The molecule has 0 aromatic carbocycles. The van der Waals surface area contributed by atoms with Gasteiger partial charge in [0.1, 0.15) is 5.70 Å². The van der Waals surface area contributed by atoms with E-state index < -0.39 is 0 Å². The molecule has 10 heavy (non-hydrogen) atoms. The Morgan fingerprint density at radius 1 is 1.50 bits per heavy atom. The zero-order chi connectivity index (χ0) is 6.81. The van der Waals surface area contributed by atoms with Gasteiger partial charge in [-0.2, -0.15) is 0 Å². The Kier molecular flexibility index (Phi) is 1.34. The van der Waals surface area contributed by atoms with Crippen molar-refractivity contribution < 1.29 is 9.88 Å². The molecule has 0 bridgehead atoms. The third-order valence-corrected chi connectivity index (χ3v) is 2.06. The molecule has 0 amide bonds. The minimum absolute atomic E-state index is 0.870. The molecule has 0 fully saturated rings. The normalized spacial score (nSPS) is 15.8. The van der Waals surface area contributed by atoms with Crippen LogP contribution in [0.2, 0.25) is 0 Å². The van der Waals surface area contributed by atoms with Gasteiger partial charge in [-0.05, 0) is 11.4 Å². The van der Waals surface area contributed by atoms with Crippen LogP contribution in [0.3, 0.4) is 0 Å². The van der Waals surface area contributed by atoms with Crippen molar-refractivity contribution in [1.29, 1.82) is 0 Å². The predicted octanol–water partition coefficient (Wildman–Crippen LogP) is 1.51. The van der Waals surface area contributed by atoms with Crippen LogP contribution in [0.15, 0.2) is 23.8 Å². The Hall–Kier alpha value is -1.00. The number of rotatable bonds is 1. The molecule has 3 nitrogen and oxygen atoms in total. The van der Waals surface area contributed by atoms with Crippen LogP contribution in [-0.4, -0.2) is 0 Å². The number of nitrogens with one attached hydrogen (secondary N) is 1. The second kappa shape index (κ2) is 2.32. The first-order chi connectivity index (χ1) is 4.97. The Morgan fingerprint density at radius 2 is 2.50 bits per heavy atom. The summed E-state index contributed by atoms with van der Waals surface area (Å²) in [6.07, 6.45) is 1.53. The first-order valence-electron chi connectivity index (χ1n) is 2.79. The van der Waals surface area contributed by atoms with Crippen molar-refractivity contribution in [2.45, 2.75) is 0 Å². The molecule has 4 heteroatoms. The fraction of sp³-hybridized carbons (Fsp3) is 0. The van der Waals surface area contributed by atoms with Crippen molar-refractivity contribution in [1.82, 2.24) is 5.48 Å². The minimum Gasteiger partial charge on any atom is -0.320 e. The van der Waals surface area contributed by atoms with Gasteiger partial charge in [0.2, 0.25) is 0 Å². The van der Waals surface area contributed by atoms with Crippen LogP contribution in [0, 0.1) is 0 Å². The average Bonchev–Trinajstić information content (AvgIpc) is 2.59. The lowest BCUT2D eigenvalue weighted by Gasteiger charge is -1.92. The van der Waals surface area contributed by atoms with E-state index >= 15 is 0 Å². The SMILES string of the molecule is C1=C(c2cccs2)NOO1.